The molecule has 0 bridgehead atoms. The second kappa shape index (κ2) is 7.71. The topological polar surface area (TPSA) is 95.9 Å². The van der Waals surface area contributed by atoms with Crippen LogP contribution in [-0.4, -0.2) is 36.5 Å². The highest BCUT2D eigenvalue weighted by atomic mass is 32.1. The third-order valence-electron chi connectivity index (χ3n) is 6.13. The number of hydrogen-bond acceptors (Lipinski definition) is 5. The number of methoxy groups -OCH3 is 1. The average Bonchev–Trinajstić information content (AvgIpc) is 3.30. The van der Waals surface area contributed by atoms with Gasteiger partial charge in [-0.15, -0.1) is 17.8 Å². The van der Waals surface area contributed by atoms with E-state index in [0.717, 1.165) is 11.3 Å². The summed E-state index contributed by atoms with van der Waals surface area (Å²) in [4.78, 5) is 40.7. The highest BCUT2D eigenvalue weighted by Gasteiger charge is 2.58. The second-order valence-corrected chi connectivity index (χ2v) is 8.95. The number of amides is 2. The Morgan fingerprint density at radius 2 is 2.03 bits per heavy atom. The van der Waals surface area contributed by atoms with Gasteiger partial charge in [0.15, 0.2) is 0 Å². The van der Waals surface area contributed by atoms with Crippen molar-refractivity contribution in [3.05, 3.63) is 63.6 Å². The molecule has 1 spiro atoms. The molecular weight excluding hydrogens is 459 g/mol. The predicted octanol–water partition coefficient (Wildman–Crippen LogP) is 3.87. The summed E-state index contributed by atoms with van der Waals surface area (Å²) >= 11 is 0.899. The number of nitrogens with one attached hydrogen (secondary N) is 1. The summed E-state index contributed by atoms with van der Waals surface area (Å²) in [6, 6.07) is 10.6. The molecule has 0 saturated heterocycles. The molecule has 1 unspecified atom stereocenters. The molecule has 34 heavy (non-hydrogen) atoms. The van der Waals surface area contributed by atoms with Crippen LogP contribution in [0.5, 0.6) is 5.75 Å². The lowest BCUT2D eigenvalue weighted by Crippen LogP contribution is -2.46. The molecule has 3 aromatic rings. The molecule has 2 aromatic carbocycles. The molecule has 7 nitrogen and oxygen atoms in total. The summed E-state index contributed by atoms with van der Waals surface area (Å²) in [5.41, 5.74) is 0.160. The Labute approximate surface area is 197 Å². The summed E-state index contributed by atoms with van der Waals surface area (Å²) in [5.74, 6) is 0.253. The highest BCUT2D eigenvalue weighted by molar-refractivity contribution is 7.15. The number of anilines is 2. The van der Waals surface area contributed by atoms with Crippen molar-refractivity contribution in [2.75, 3.05) is 23.9 Å². The zero-order valence-electron chi connectivity index (χ0n) is 17.8. The minimum absolute atomic E-state index is 0.0436. The maximum atomic E-state index is 14.4. The van der Waals surface area contributed by atoms with Gasteiger partial charge in [0.2, 0.25) is 11.8 Å². The normalized spacial score (nSPS) is 18.3. The molecule has 2 aliphatic heterocycles. The van der Waals surface area contributed by atoms with Crippen molar-refractivity contribution < 1.29 is 28.6 Å². The molecule has 2 N–H and O–H groups in total. The summed E-state index contributed by atoms with van der Waals surface area (Å²) in [7, 11) is 1.51. The van der Waals surface area contributed by atoms with Crippen LogP contribution >= 0.6 is 11.3 Å². The Morgan fingerprint density at radius 1 is 1.29 bits per heavy atom. The van der Waals surface area contributed by atoms with E-state index in [0.29, 0.717) is 27.4 Å². The Hall–Kier alpha value is -4.16. The van der Waals surface area contributed by atoms with E-state index in [1.54, 1.807) is 24.3 Å². The van der Waals surface area contributed by atoms with Crippen LogP contribution in [0.15, 0.2) is 42.5 Å². The fraction of sp³-hybridized carbons (Fsp3) is 0.160. The quantitative estimate of drug-likeness (QED) is 0.558. The van der Waals surface area contributed by atoms with Gasteiger partial charge in [0, 0.05) is 16.8 Å². The van der Waals surface area contributed by atoms with Crippen LogP contribution in [0.4, 0.5) is 15.8 Å². The number of thiophene rings is 1. The number of ether oxygens (including phenoxy) is 1. The van der Waals surface area contributed by atoms with Crippen molar-refractivity contribution in [1.29, 1.82) is 0 Å². The molecular formula is C25H17FN2O5S. The SMILES string of the molecule is C#CCN1C(=O)C2(CC(=O)Nc3c2sc(C(=O)O)c3-c2ccc(OC)cc2)c2cc(F)ccc21. The third kappa shape index (κ3) is 2.92. The Bertz CT molecular complexity index is 1420. The first-order valence-corrected chi connectivity index (χ1v) is 11.0. The zero-order valence-corrected chi connectivity index (χ0v) is 18.7. The summed E-state index contributed by atoms with van der Waals surface area (Å²) in [6.07, 6.45) is 5.19. The first-order valence-electron chi connectivity index (χ1n) is 10.2. The monoisotopic (exact) mass is 476 g/mol. The van der Waals surface area contributed by atoms with Gasteiger partial charge in [-0.3, -0.25) is 14.5 Å². The van der Waals surface area contributed by atoms with Gasteiger partial charge < -0.3 is 15.2 Å². The summed E-state index contributed by atoms with van der Waals surface area (Å²) in [5, 5.41) is 12.8. The number of aromatic carboxylic acids is 1. The van der Waals surface area contributed by atoms with E-state index in [4.69, 9.17) is 11.2 Å². The number of rotatable bonds is 4. The molecule has 0 saturated carbocycles. The van der Waals surface area contributed by atoms with Gasteiger partial charge in [-0.25, -0.2) is 9.18 Å². The minimum Gasteiger partial charge on any atom is -0.497 e. The van der Waals surface area contributed by atoms with Gasteiger partial charge in [0.25, 0.3) is 0 Å². The molecule has 1 atom stereocenters. The number of nitrogens with zero attached hydrogens (tertiary/aromatic N) is 1. The maximum Gasteiger partial charge on any atom is 0.346 e. The Kier molecular flexibility index (Phi) is 4.92. The molecule has 3 heterocycles. The number of benzene rings is 2. The van der Waals surface area contributed by atoms with Crippen molar-refractivity contribution >= 4 is 40.5 Å². The standard InChI is InChI=1S/C25H17FN2O5S/c1-3-10-28-17-9-6-14(26)11-16(17)25(24(28)32)12-18(29)27-20-19(21(23(30)31)34-22(20)25)13-4-7-15(33-2)8-5-13/h1,4-9,11H,10,12H2,2H3,(H,27,29)(H,30,31). The van der Waals surface area contributed by atoms with Gasteiger partial charge >= 0.3 is 5.97 Å². The van der Waals surface area contributed by atoms with Crippen molar-refractivity contribution in [3.8, 4) is 29.2 Å². The lowest BCUT2D eigenvalue weighted by molar-refractivity contribution is -0.126. The number of hydrogen-bond donors (Lipinski definition) is 2. The fourth-order valence-electron chi connectivity index (χ4n) is 4.72. The molecule has 9 heteroatoms. The van der Waals surface area contributed by atoms with E-state index in [2.05, 4.69) is 11.2 Å². The molecule has 2 amide bonds. The summed E-state index contributed by atoms with van der Waals surface area (Å²) < 4.78 is 19.6. The number of carboxylic acid groups (broad SMARTS) is 1. The van der Waals surface area contributed by atoms with Crippen LogP contribution in [0.1, 0.15) is 26.5 Å². The second-order valence-electron chi connectivity index (χ2n) is 7.93. The average molecular weight is 476 g/mol. The number of terminal acetylenes is 1. The van der Waals surface area contributed by atoms with E-state index >= 15 is 0 Å². The van der Waals surface area contributed by atoms with Gasteiger partial charge in [0.1, 0.15) is 21.9 Å². The van der Waals surface area contributed by atoms with Crippen molar-refractivity contribution in [3.63, 3.8) is 0 Å². The van der Waals surface area contributed by atoms with Crippen LogP contribution in [0.2, 0.25) is 0 Å². The molecule has 0 aliphatic carbocycles. The molecule has 2 aliphatic rings. The van der Waals surface area contributed by atoms with Gasteiger partial charge in [-0.2, -0.15) is 0 Å². The van der Waals surface area contributed by atoms with Crippen LogP contribution in [0.3, 0.4) is 0 Å². The van der Waals surface area contributed by atoms with E-state index in [-0.39, 0.29) is 29.1 Å². The molecule has 1 aromatic heterocycles. The molecule has 0 radical (unpaired) electrons. The lowest BCUT2D eigenvalue weighted by Gasteiger charge is -2.32. The smallest absolute Gasteiger partial charge is 0.346 e. The van der Waals surface area contributed by atoms with Gasteiger partial charge in [-0.1, -0.05) is 18.1 Å². The largest absolute Gasteiger partial charge is 0.497 e. The Morgan fingerprint density at radius 3 is 2.68 bits per heavy atom. The number of fused-ring (bicyclic) bond motifs is 4. The Balaban J connectivity index is 1.83. The van der Waals surface area contributed by atoms with Crippen LogP contribution in [0, 0.1) is 18.2 Å². The van der Waals surface area contributed by atoms with E-state index in [9.17, 15) is 23.9 Å². The van der Waals surface area contributed by atoms with Crippen molar-refractivity contribution in [1.82, 2.24) is 0 Å². The number of carboxylic acids is 1. The third-order valence-corrected chi connectivity index (χ3v) is 7.47. The first kappa shape index (κ1) is 21.7. The zero-order chi connectivity index (χ0) is 24.2. The molecule has 5 rings (SSSR count). The van der Waals surface area contributed by atoms with Crippen molar-refractivity contribution in [2.24, 2.45) is 0 Å². The maximum absolute atomic E-state index is 14.4. The van der Waals surface area contributed by atoms with Crippen molar-refractivity contribution in [2.45, 2.75) is 11.8 Å². The lowest BCUT2D eigenvalue weighted by atomic mass is 9.74. The van der Waals surface area contributed by atoms with Gasteiger partial charge in [-0.05, 0) is 35.9 Å². The van der Waals surface area contributed by atoms with E-state index < -0.39 is 29.0 Å². The fourth-order valence-corrected chi connectivity index (χ4v) is 6.03. The summed E-state index contributed by atoms with van der Waals surface area (Å²) in [6.45, 7) is -0.0708. The first-order chi connectivity index (χ1) is 16.3. The minimum atomic E-state index is -1.58. The van der Waals surface area contributed by atoms with E-state index in [1.165, 1.54) is 30.2 Å². The van der Waals surface area contributed by atoms with Crippen LogP contribution in [0.25, 0.3) is 11.1 Å². The van der Waals surface area contributed by atoms with Crippen LogP contribution in [-0.2, 0) is 15.0 Å². The number of carbonyl (C=O) groups is 3. The van der Waals surface area contributed by atoms with Crippen LogP contribution < -0.4 is 15.0 Å². The number of halogens is 1. The predicted molar refractivity (Wildman–Crippen MR) is 125 cm³/mol. The van der Waals surface area contributed by atoms with E-state index in [1.807, 2.05) is 0 Å². The van der Waals surface area contributed by atoms with Gasteiger partial charge in [0.05, 0.1) is 30.6 Å². The highest BCUT2D eigenvalue weighted by Crippen LogP contribution is 2.57. The molecule has 170 valence electrons. The number of carbonyl (C=O) groups excluding carboxylic acids is 2. The molecule has 0 fully saturated rings.